The molecule has 0 rings (SSSR count). The van der Waals surface area contributed by atoms with Crippen LogP contribution in [-0.4, -0.2) is 9.52 Å². The van der Waals surface area contributed by atoms with Gasteiger partial charge in [0.15, 0.2) is 0 Å². The maximum Gasteiger partial charge on any atom is 0.0201 e. The van der Waals surface area contributed by atoms with E-state index in [2.05, 4.69) is 26.0 Å². The summed E-state index contributed by atoms with van der Waals surface area (Å²) in [6.45, 7) is 4.38. The van der Waals surface area contributed by atoms with Crippen LogP contribution in [0.2, 0.25) is 12.1 Å². The fourth-order valence-electron chi connectivity index (χ4n) is 1.03. The summed E-state index contributed by atoms with van der Waals surface area (Å²) in [4.78, 5) is 0. The lowest BCUT2D eigenvalue weighted by Gasteiger charge is -1.93. The molecule has 0 N–H and O–H groups in total. The summed E-state index contributed by atoms with van der Waals surface area (Å²) < 4.78 is 0. The molecule has 0 aromatic rings. The Kier molecular flexibility index (Phi) is 8.92. The Hall–Kier alpha value is -0.0431. The predicted octanol–water partition coefficient (Wildman–Crippen LogP) is 2.76. The first-order chi connectivity index (χ1) is 4.91. The minimum absolute atomic E-state index is 0.329. The fraction of sp³-hybridized carbons (Fsp3) is 0.778. The third kappa shape index (κ3) is 7.96. The largest absolute Gasteiger partial charge is 0.0917 e. The second-order valence-electron chi connectivity index (χ2n) is 2.77. The molecule has 0 saturated carbocycles. The van der Waals surface area contributed by atoms with Gasteiger partial charge in [-0.25, -0.2) is 0 Å². The first-order valence-corrected chi connectivity index (χ1v) is 6.53. The summed E-state index contributed by atoms with van der Waals surface area (Å²) in [5, 5.41) is 0. The monoisotopic (exact) mass is 156 g/mol. The molecule has 0 radical (unpaired) electrons. The molecule has 0 unspecified atom stereocenters. The average molecular weight is 156 g/mol. The van der Waals surface area contributed by atoms with Gasteiger partial charge in [0, 0.05) is 9.52 Å². The van der Waals surface area contributed by atoms with E-state index in [1.54, 1.807) is 6.04 Å². The van der Waals surface area contributed by atoms with E-state index in [0.29, 0.717) is 9.52 Å². The highest BCUT2D eigenvalue weighted by molar-refractivity contribution is 6.35. The van der Waals surface area contributed by atoms with E-state index in [1.807, 2.05) is 0 Å². The fourth-order valence-corrected chi connectivity index (χ4v) is 2.76. The van der Waals surface area contributed by atoms with Gasteiger partial charge in [-0.2, -0.15) is 0 Å². The highest BCUT2D eigenvalue weighted by Gasteiger charge is 1.86. The van der Waals surface area contributed by atoms with Crippen LogP contribution in [0.25, 0.3) is 0 Å². The molecule has 60 valence electrons. The lowest BCUT2D eigenvalue weighted by Crippen LogP contribution is -1.86. The summed E-state index contributed by atoms with van der Waals surface area (Å²) in [5.41, 5.74) is 0. The van der Waals surface area contributed by atoms with E-state index in [0.717, 1.165) is 0 Å². The second-order valence-corrected chi connectivity index (χ2v) is 4.89. The van der Waals surface area contributed by atoms with Gasteiger partial charge in [0.25, 0.3) is 0 Å². The molecule has 0 atom stereocenters. The Morgan fingerprint density at radius 2 is 2.10 bits per heavy atom. The molecule has 0 spiro atoms. The first kappa shape index (κ1) is 9.96. The van der Waals surface area contributed by atoms with Gasteiger partial charge < -0.3 is 0 Å². The van der Waals surface area contributed by atoms with Crippen molar-refractivity contribution >= 4 is 9.52 Å². The Balaban J connectivity index is 2.77. The minimum atomic E-state index is 0.329. The van der Waals surface area contributed by atoms with E-state index in [-0.39, 0.29) is 0 Å². The van der Waals surface area contributed by atoms with E-state index in [1.165, 1.54) is 25.3 Å². The van der Waals surface area contributed by atoms with Crippen LogP contribution >= 0.6 is 0 Å². The topological polar surface area (TPSA) is 0 Å². The molecule has 0 aromatic heterocycles. The van der Waals surface area contributed by atoms with E-state index in [9.17, 15) is 0 Å². The number of rotatable bonds is 6. The SMILES string of the molecule is C/C=C/CC[SiH2]CCCC. The third-order valence-corrected chi connectivity index (χ3v) is 3.62. The summed E-state index contributed by atoms with van der Waals surface area (Å²) >= 11 is 0. The van der Waals surface area contributed by atoms with Crippen molar-refractivity contribution in [2.45, 2.75) is 45.2 Å². The number of hydrogen-bond acceptors (Lipinski definition) is 0. The van der Waals surface area contributed by atoms with Crippen molar-refractivity contribution in [2.75, 3.05) is 0 Å². The summed E-state index contributed by atoms with van der Waals surface area (Å²) in [7, 11) is 0.329. The van der Waals surface area contributed by atoms with Gasteiger partial charge in [-0.05, 0) is 13.3 Å². The zero-order valence-electron chi connectivity index (χ0n) is 7.40. The van der Waals surface area contributed by atoms with Crippen LogP contribution in [0.5, 0.6) is 0 Å². The highest BCUT2D eigenvalue weighted by Crippen LogP contribution is 1.98. The summed E-state index contributed by atoms with van der Waals surface area (Å²) in [5.74, 6) is 0. The second kappa shape index (κ2) is 8.96. The third-order valence-electron chi connectivity index (χ3n) is 1.71. The zero-order chi connectivity index (χ0) is 7.66. The van der Waals surface area contributed by atoms with Gasteiger partial charge in [0.05, 0.1) is 0 Å². The standard InChI is InChI=1S/C9H20Si/c1-3-5-7-9-10-8-6-4-2/h3,5H,4,6-10H2,1-2H3/b5-3+. The lowest BCUT2D eigenvalue weighted by atomic mass is 10.4. The predicted molar refractivity (Wildman–Crippen MR) is 52.5 cm³/mol. The molecule has 0 bridgehead atoms. The molecular formula is C9H20Si. The number of hydrogen-bond donors (Lipinski definition) is 0. The van der Waals surface area contributed by atoms with Gasteiger partial charge in [-0.15, -0.1) is 0 Å². The first-order valence-electron chi connectivity index (χ1n) is 4.53. The van der Waals surface area contributed by atoms with Crippen LogP contribution in [0, 0.1) is 0 Å². The van der Waals surface area contributed by atoms with Crippen LogP contribution in [-0.2, 0) is 0 Å². The van der Waals surface area contributed by atoms with Crippen LogP contribution in [0.15, 0.2) is 12.2 Å². The normalized spacial score (nSPS) is 12.2. The molecule has 10 heavy (non-hydrogen) atoms. The van der Waals surface area contributed by atoms with Crippen LogP contribution < -0.4 is 0 Å². The Morgan fingerprint density at radius 3 is 2.70 bits per heavy atom. The van der Waals surface area contributed by atoms with Crippen LogP contribution in [0.4, 0.5) is 0 Å². The summed E-state index contributed by atoms with van der Waals surface area (Å²) in [6.07, 6.45) is 8.65. The van der Waals surface area contributed by atoms with Crippen molar-refractivity contribution < 1.29 is 0 Å². The minimum Gasteiger partial charge on any atom is -0.0917 e. The smallest absolute Gasteiger partial charge is 0.0201 e. The molecular weight excluding hydrogens is 136 g/mol. The molecule has 0 heterocycles. The summed E-state index contributed by atoms with van der Waals surface area (Å²) in [6, 6.07) is 3.08. The van der Waals surface area contributed by atoms with Gasteiger partial charge in [-0.3, -0.25) is 0 Å². The van der Waals surface area contributed by atoms with Crippen LogP contribution in [0.1, 0.15) is 33.1 Å². The van der Waals surface area contributed by atoms with Crippen molar-refractivity contribution in [1.29, 1.82) is 0 Å². The molecule has 0 amide bonds. The molecule has 0 aliphatic carbocycles. The van der Waals surface area contributed by atoms with Gasteiger partial charge >= 0.3 is 0 Å². The molecule has 0 nitrogen and oxygen atoms in total. The lowest BCUT2D eigenvalue weighted by molar-refractivity contribution is 0.876. The Bertz CT molecular complexity index is 76.8. The highest BCUT2D eigenvalue weighted by atomic mass is 28.2. The van der Waals surface area contributed by atoms with Gasteiger partial charge in [-0.1, -0.05) is 44.0 Å². The molecule has 0 aromatic carbocycles. The van der Waals surface area contributed by atoms with E-state index < -0.39 is 0 Å². The van der Waals surface area contributed by atoms with Crippen LogP contribution in [0.3, 0.4) is 0 Å². The maximum absolute atomic E-state index is 2.29. The molecule has 0 aliphatic heterocycles. The van der Waals surface area contributed by atoms with Crippen molar-refractivity contribution in [2.24, 2.45) is 0 Å². The van der Waals surface area contributed by atoms with Crippen molar-refractivity contribution in [3.8, 4) is 0 Å². The Labute approximate surface area is 67.5 Å². The van der Waals surface area contributed by atoms with Crippen molar-refractivity contribution in [1.82, 2.24) is 0 Å². The molecule has 1 heteroatoms. The van der Waals surface area contributed by atoms with Gasteiger partial charge in [0.1, 0.15) is 0 Å². The number of allylic oxidation sites excluding steroid dienone is 2. The van der Waals surface area contributed by atoms with E-state index in [4.69, 9.17) is 0 Å². The quantitative estimate of drug-likeness (QED) is 0.315. The van der Waals surface area contributed by atoms with Gasteiger partial charge in [0.2, 0.25) is 0 Å². The average Bonchev–Trinajstić information content (AvgIpc) is 1.97. The molecule has 0 saturated heterocycles. The zero-order valence-corrected chi connectivity index (χ0v) is 8.81. The Morgan fingerprint density at radius 1 is 1.30 bits per heavy atom. The molecule has 0 fully saturated rings. The maximum atomic E-state index is 2.29. The van der Waals surface area contributed by atoms with Crippen molar-refractivity contribution in [3.05, 3.63) is 12.2 Å². The molecule has 0 aliphatic rings. The number of unbranched alkanes of at least 4 members (excludes halogenated alkanes) is 1. The van der Waals surface area contributed by atoms with E-state index >= 15 is 0 Å². The van der Waals surface area contributed by atoms with Crippen molar-refractivity contribution in [3.63, 3.8) is 0 Å².